The van der Waals surface area contributed by atoms with Crippen molar-refractivity contribution < 1.29 is 27.9 Å². The van der Waals surface area contributed by atoms with Crippen molar-refractivity contribution in [3.63, 3.8) is 0 Å². The molecule has 106 valence electrons. The molecule has 1 atom stereocenters. The van der Waals surface area contributed by atoms with Gasteiger partial charge in [-0.2, -0.15) is 13.2 Å². The zero-order valence-electron chi connectivity index (χ0n) is 10.4. The van der Waals surface area contributed by atoms with Crippen LogP contribution in [0.1, 0.15) is 11.1 Å². The predicted molar refractivity (Wildman–Crippen MR) is 64.0 cm³/mol. The van der Waals surface area contributed by atoms with E-state index >= 15 is 0 Å². The second-order valence-corrected chi connectivity index (χ2v) is 4.45. The van der Waals surface area contributed by atoms with Crippen LogP contribution in [0.15, 0.2) is 30.4 Å². The van der Waals surface area contributed by atoms with E-state index in [0.717, 1.165) is 17.0 Å². The van der Waals surface area contributed by atoms with E-state index in [0.29, 0.717) is 6.07 Å². The van der Waals surface area contributed by atoms with Crippen LogP contribution in [0.2, 0.25) is 0 Å². The second kappa shape index (κ2) is 4.17. The topological polar surface area (TPSA) is 57.6 Å². The monoisotopic (exact) mass is 285 g/mol. The van der Waals surface area contributed by atoms with Crippen molar-refractivity contribution in [3.05, 3.63) is 41.5 Å². The summed E-state index contributed by atoms with van der Waals surface area (Å²) in [6.07, 6.45) is -4.47. The fourth-order valence-electron chi connectivity index (χ4n) is 2.16. The minimum atomic E-state index is -4.62. The number of anilines is 1. The normalized spacial score (nSPS) is 21.9. The third-order valence-electron chi connectivity index (χ3n) is 3.30. The van der Waals surface area contributed by atoms with Crippen LogP contribution in [-0.4, -0.2) is 24.3 Å². The summed E-state index contributed by atoms with van der Waals surface area (Å²) < 4.78 is 38.1. The van der Waals surface area contributed by atoms with Crippen LogP contribution in [0.25, 0.3) is 0 Å². The molecule has 0 bridgehead atoms. The van der Waals surface area contributed by atoms with Crippen LogP contribution >= 0.6 is 0 Å². The molecule has 1 heterocycles. The molecule has 0 radical (unpaired) electrons. The summed E-state index contributed by atoms with van der Waals surface area (Å²) in [4.78, 5) is 23.8. The largest absolute Gasteiger partial charge is 0.416 e. The number of halogens is 3. The van der Waals surface area contributed by atoms with E-state index in [2.05, 4.69) is 6.58 Å². The Morgan fingerprint density at radius 2 is 2.05 bits per heavy atom. The second-order valence-electron chi connectivity index (χ2n) is 4.45. The van der Waals surface area contributed by atoms with Gasteiger partial charge < -0.3 is 10.0 Å². The smallest absolute Gasteiger partial charge is 0.372 e. The first-order valence-corrected chi connectivity index (χ1v) is 5.51. The summed E-state index contributed by atoms with van der Waals surface area (Å²) in [7, 11) is 1.30. The number of nitrogens with zero attached hydrogens (tertiary/aromatic N) is 1. The van der Waals surface area contributed by atoms with Gasteiger partial charge in [0.05, 0.1) is 11.3 Å². The lowest BCUT2D eigenvalue weighted by atomic mass is 9.88. The Hall–Kier alpha value is -2.15. The Labute approximate surface area is 112 Å². The Kier molecular flexibility index (Phi) is 2.98. The quantitative estimate of drug-likeness (QED) is 0.663. The summed E-state index contributed by atoms with van der Waals surface area (Å²) >= 11 is 0. The highest BCUT2D eigenvalue weighted by Crippen LogP contribution is 2.45. The molecule has 0 fully saturated rings. The number of amides is 1. The maximum absolute atomic E-state index is 12.7. The Morgan fingerprint density at radius 1 is 1.45 bits per heavy atom. The standard InChI is InChI=1S/C13H10F3NO3/c1-7(6-18)12(20)9-5-8(13(14,15)16)3-4-10(9)17(2)11(12)19/h3-6,20H,1H2,2H3/t12-/m0/s1. The number of fused-ring (bicyclic) bond motifs is 1. The maximum Gasteiger partial charge on any atom is 0.416 e. The first-order valence-electron chi connectivity index (χ1n) is 5.51. The molecular formula is C13H10F3NO3. The average Bonchev–Trinajstić information content (AvgIpc) is 2.60. The van der Waals surface area contributed by atoms with Crippen LogP contribution in [-0.2, 0) is 21.4 Å². The van der Waals surface area contributed by atoms with E-state index in [-0.39, 0.29) is 17.5 Å². The number of hydrogen-bond acceptors (Lipinski definition) is 3. The van der Waals surface area contributed by atoms with Gasteiger partial charge in [-0.05, 0) is 18.2 Å². The van der Waals surface area contributed by atoms with Crippen molar-refractivity contribution in [3.8, 4) is 0 Å². The van der Waals surface area contributed by atoms with Gasteiger partial charge in [0.2, 0.25) is 0 Å². The molecule has 0 aliphatic carbocycles. The van der Waals surface area contributed by atoms with Crippen molar-refractivity contribution >= 4 is 17.9 Å². The average molecular weight is 285 g/mol. The number of carbonyl (C=O) groups excluding carboxylic acids is 2. The Balaban J connectivity index is 2.72. The zero-order valence-corrected chi connectivity index (χ0v) is 10.4. The Morgan fingerprint density at radius 3 is 2.55 bits per heavy atom. The zero-order chi connectivity index (χ0) is 15.3. The first kappa shape index (κ1) is 14.3. The van der Waals surface area contributed by atoms with Crippen molar-refractivity contribution in [2.75, 3.05) is 11.9 Å². The maximum atomic E-state index is 12.7. The summed E-state index contributed by atoms with van der Waals surface area (Å²) in [6.45, 7) is 3.26. The molecule has 20 heavy (non-hydrogen) atoms. The number of rotatable bonds is 2. The fourth-order valence-corrected chi connectivity index (χ4v) is 2.16. The highest BCUT2D eigenvalue weighted by Gasteiger charge is 2.51. The highest BCUT2D eigenvalue weighted by molar-refractivity contribution is 6.11. The van der Waals surface area contributed by atoms with Gasteiger partial charge in [0.25, 0.3) is 5.91 Å². The van der Waals surface area contributed by atoms with Gasteiger partial charge >= 0.3 is 6.18 Å². The van der Waals surface area contributed by atoms with Crippen LogP contribution in [0.4, 0.5) is 18.9 Å². The van der Waals surface area contributed by atoms with Crippen LogP contribution in [0.3, 0.4) is 0 Å². The van der Waals surface area contributed by atoms with Gasteiger partial charge in [-0.15, -0.1) is 0 Å². The molecular weight excluding hydrogens is 275 g/mol. The molecule has 1 aromatic rings. The van der Waals surface area contributed by atoms with Crippen LogP contribution in [0, 0.1) is 0 Å². The number of carbonyl (C=O) groups is 2. The number of alkyl halides is 3. The van der Waals surface area contributed by atoms with Gasteiger partial charge in [0.15, 0.2) is 5.60 Å². The molecule has 0 unspecified atom stereocenters. The van der Waals surface area contributed by atoms with Crippen molar-refractivity contribution in [2.45, 2.75) is 11.8 Å². The highest BCUT2D eigenvalue weighted by atomic mass is 19.4. The van der Waals surface area contributed by atoms with E-state index < -0.39 is 28.8 Å². The first-order chi connectivity index (χ1) is 9.14. The number of aldehydes is 1. The molecule has 0 saturated carbocycles. The number of aliphatic hydroxyl groups is 1. The van der Waals surface area contributed by atoms with Gasteiger partial charge in [-0.3, -0.25) is 9.59 Å². The molecule has 0 aromatic heterocycles. The van der Waals surface area contributed by atoms with Crippen LogP contribution < -0.4 is 4.90 Å². The molecule has 1 aliphatic rings. The third kappa shape index (κ3) is 1.74. The minimum absolute atomic E-state index is 0.105. The lowest BCUT2D eigenvalue weighted by molar-refractivity contribution is -0.138. The van der Waals surface area contributed by atoms with E-state index in [1.54, 1.807) is 0 Å². The lowest BCUT2D eigenvalue weighted by Crippen LogP contribution is -2.40. The van der Waals surface area contributed by atoms with Gasteiger partial charge in [-0.1, -0.05) is 6.58 Å². The molecule has 7 heteroatoms. The predicted octanol–water partition coefficient (Wildman–Crippen LogP) is 1.62. The Bertz CT molecular complexity index is 624. The number of likely N-dealkylation sites (N-methyl/N-ethyl adjacent to an activating group) is 1. The summed E-state index contributed by atoms with van der Waals surface area (Å²) in [5.74, 6) is -0.913. The fraction of sp³-hybridized carbons (Fsp3) is 0.231. The summed E-state index contributed by atoms with van der Waals surface area (Å²) in [5.41, 5.74) is -4.16. The van der Waals surface area contributed by atoms with E-state index in [4.69, 9.17) is 0 Å². The van der Waals surface area contributed by atoms with Crippen molar-refractivity contribution in [1.29, 1.82) is 0 Å². The minimum Gasteiger partial charge on any atom is -0.372 e. The van der Waals surface area contributed by atoms with E-state index in [1.165, 1.54) is 7.05 Å². The van der Waals surface area contributed by atoms with E-state index in [9.17, 15) is 27.9 Å². The lowest BCUT2D eigenvalue weighted by Gasteiger charge is -2.21. The molecule has 1 amide bonds. The van der Waals surface area contributed by atoms with Gasteiger partial charge in [-0.25, -0.2) is 0 Å². The summed E-state index contributed by atoms with van der Waals surface area (Å²) in [6, 6.07) is 2.54. The van der Waals surface area contributed by atoms with Gasteiger partial charge in [0.1, 0.15) is 6.29 Å². The molecule has 0 spiro atoms. The molecule has 4 nitrogen and oxygen atoms in total. The molecule has 1 aliphatic heterocycles. The number of benzene rings is 1. The van der Waals surface area contributed by atoms with Gasteiger partial charge in [0, 0.05) is 18.2 Å². The van der Waals surface area contributed by atoms with Crippen molar-refractivity contribution in [2.24, 2.45) is 0 Å². The summed E-state index contributed by atoms with van der Waals surface area (Å²) in [5, 5.41) is 10.4. The SMILES string of the molecule is C=C(C=O)[C@@]1(O)C(=O)N(C)c2ccc(C(F)(F)F)cc21. The number of hydrogen-bond donors (Lipinski definition) is 1. The molecule has 2 rings (SSSR count). The molecule has 1 aromatic carbocycles. The van der Waals surface area contributed by atoms with Crippen molar-refractivity contribution in [1.82, 2.24) is 0 Å². The third-order valence-corrected chi connectivity index (χ3v) is 3.30. The van der Waals surface area contributed by atoms with Crippen LogP contribution in [0.5, 0.6) is 0 Å². The van der Waals surface area contributed by atoms with E-state index in [1.807, 2.05) is 0 Å². The molecule has 0 saturated heterocycles. The molecule has 1 N–H and O–H groups in total.